The Hall–Kier alpha value is -1.54. The summed E-state index contributed by atoms with van der Waals surface area (Å²) in [6, 6.07) is 11.7. The van der Waals surface area contributed by atoms with Crippen LogP contribution in [0.4, 0.5) is 0 Å². The Balaban J connectivity index is 0.00000338. The number of aliphatic imine (C=N–C) groups is 1. The number of rotatable bonds is 7. The van der Waals surface area contributed by atoms with Crippen LogP contribution in [0.1, 0.15) is 25.0 Å². The number of nitrogens with zero attached hydrogens (tertiary/aromatic N) is 2. The number of guanidine groups is 1. The molecule has 0 aliphatic rings. The van der Waals surface area contributed by atoms with Crippen molar-refractivity contribution in [2.45, 2.75) is 33.4 Å². The van der Waals surface area contributed by atoms with Crippen LogP contribution in [0.5, 0.6) is 5.75 Å². The van der Waals surface area contributed by atoms with Gasteiger partial charge in [0.1, 0.15) is 17.0 Å². The minimum atomic E-state index is 0. The Morgan fingerprint density at radius 2 is 2.08 bits per heavy atom. The monoisotopic (exact) mass is 488 g/mol. The van der Waals surface area contributed by atoms with Crippen LogP contribution in [0, 0.1) is 6.92 Å². The lowest BCUT2D eigenvalue weighted by Gasteiger charge is -2.18. The predicted molar refractivity (Wildman–Crippen MR) is 119 cm³/mol. The van der Waals surface area contributed by atoms with Crippen molar-refractivity contribution < 1.29 is 4.74 Å². The lowest BCUT2D eigenvalue weighted by atomic mass is 10.2. The van der Waals surface area contributed by atoms with E-state index in [2.05, 4.69) is 33.6 Å². The van der Waals surface area contributed by atoms with Crippen LogP contribution >= 0.6 is 35.6 Å². The molecule has 2 aromatic rings. The van der Waals surface area contributed by atoms with Gasteiger partial charge >= 0.3 is 0 Å². The Morgan fingerprint density at radius 3 is 2.73 bits per heavy atom. The normalized spacial score (nSPS) is 12.1. The second kappa shape index (κ2) is 12.0. The van der Waals surface area contributed by atoms with Crippen LogP contribution in [0.25, 0.3) is 0 Å². The molecule has 2 rings (SSSR count). The van der Waals surface area contributed by atoms with Gasteiger partial charge in [0, 0.05) is 12.7 Å². The van der Waals surface area contributed by atoms with Crippen LogP contribution in [0.3, 0.4) is 0 Å². The first-order valence-electron chi connectivity index (χ1n) is 8.42. The van der Waals surface area contributed by atoms with Gasteiger partial charge in [0.25, 0.3) is 0 Å². The molecular weight excluding hydrogens is 463 g/mol. The maximum Gasteiger partial charge on any atom is 0.191 e. The van der Waals surface area contributed by atoms with Gasteiger partial charge in [0.2, 0.25) is 0 Å². The number of halogens is 2. The first kappa shape index (κ1) is 22.5. The number of pyridine rings is 1. The van der Waals surface area contributed by atoms with Crippen LogP contribution in [0.15, 0.2) is 47.6 Å². The van der Waals surface area contributed by atoms with E-state index < -0.39 is 0 Å². The zero-order chi connectivity index (χ0) is 18.1. The summed E-state index contributed by atoms with van der Waals surface area (Å²) in [7, 11) is 0. The summed E-state index contributed by atoms with van der Waals surface area (Å²) in [5, 5.41) is 7.02. The molecule has 1 unspecified atom stereocenters. The molecule has 2 N–H and O–H groups in total. The van der Waals surface area contributed by atoms with Gasteiger partial charge in [-0.1, -0.05) is 29.8 Å². The Bertz CT molecular complexity index is 694. The standard InChI is InChI=1S/C19H25ClN4O.HI/c1-4-21-19(24-13-16-8-9-18(20)22-12-16)23-11-15(3)25-17-7-5-6-14(2)10-17;/h5-10,12,15H,4,11,13H2,1-3H3,(H2,21,23,24);1H. The summed E-state index contributed by atoms with van der Waals surface area (Å²) in [4.78, 5) is 8.63. The van der Waals surface area contributed by atoms with Gasteiger partial charge in [-0.25, -0.2) is 9.98 Å². The fourth-order valence-corrected chi connectivity index (χ4v) is 2.33. The number of aryl methyl sites for hydroxylation is 1. The second-order valence-corrected chi connectivity index (χ2v) is 6.20. The van der Waals surface area contributed by atoms with Crippen molar-refractivity contribution >= 4 is 41.5 Å². The van der Waals surface area contributed by atoms with E-state index in [1.807, 2.05) is 38.1 Å². The molecule has 0 amide bonds. The molecule has 0 saturated heterocycles. The van der Waals surface area contributed by atoms with Gasteiger partial charge in [0.05, 0.1) is 13.1 Å². The molecule has 1 aromatic heterocycles. The zero-order valence-corrected chi connectivity index (χ0v) is 18.4. The zero-order valence-electron chi connectivity index (χ0n) is 15.3. The minimum absolute atomic E-state index is 0. The van der Waals surface area contributed by atoms with E-state index in [-0.39, 0.29) is 30.1 Å². The van der Waals surface area contributed by atoms with Gasteiger partial charge in [-0.15, -0.1) is 24.0 Å². The van der Waals surface area contributed by atoms with E-state index in [1.54, 1.807) is 12.3 Å². The third-order valence-electron chi connectivity index (χ3n) is 3.44. The molecule has 26 heavy (non-hydrogen) atoms. The quantitative estimate of drug-likeness (QED) is 0.266. The highest BCUT2D eigenvalue weighted by Gasteiger charge is 2.06. The summed E-state index contributed by atoms with van der Waals surface area (Å²) < 4.78 is 5.93. The average molecular weight is 489 g/mol. The maximum atomic E-state index is 5.93. The highest BCUT2D eigenvalue weighted by Crippen LogP contribution is 2.13. The molecule has 0 fully saturated rings. The maximum absolute atomic E-state index is 5.93. The van der Waals surface area contributed by atoms with E-state index in [0.717, 1.165) is 23.8 Å². The molecule has 0 saturated carbocycles. The molecule has 1 aromatic carbocycles. The molecule has 0 aliphatic heterocycles. The molecule has 7 heteroatoms. The van der Waals surface area contributed by atoms with Crippen LogP contribution in [-0.2, 0) is 6.54 Å². The largest absolute Gasteiger partial charge is 0.489 e. The summed E-state index contributed by atoms with van der Waals surface area (Å²) in [5.74, 6) is 1.63. The number of aromatic nitrogens is 1. The molecule has 0 bridgehead atoms. The van der Waals surface area contributed by atoms with Crippen LogP contribution < -0.4 is 15.4 Å². The molecule has 0 radical (unpaired) electrons. The van der Waals surface area contributed by atoms with Crippen molar-refractivity contribution in [3.05, 3.63) is 58.9 Å². The van der Waals surface area contributed by atoms with Crippen molar-refractivity contribution in [3.63, 3.8) is 0 Å². The Morgan fingerprint density at radius 1 is 1.27 bits per heavy atom. The Labute approximate surface area is 177 Å². The highest BCUT2D eigenvalue weighted by molar-refractivity contribution is 14.0. The molecule has 1 atom stereocenters. The van der Waals surface area contributed by atoms with Gasteiger partial charge in [-0.2, -0.15) is 0 Å². The van der Waals surface area contributed by atoms with Gasteiger partial charge in [0.15, 0.2) is 5.96 Å². The fraction of sp³-hybridized carbons (Fsp3) is 0.368. The molecule has 142 valence electrons. The third kappa shape index (κ3) is 8.23. The SMILES string of the molecule is CCNC(=NCc1ccc(Cl)nc1)NCC(C)Oc1cccc(C)c1.I. The van der Waals surface area contributed by atoms with E-state index in [4.69, 9.17) is 16.3 Å². The van der Waals surface area contributed by atoms with E-state index in [0.29, 0.717) is 18.2 Å². The number of ether oxygens (including phenoxy) is 1. The minimum Gasteiger partial charge on any atom is -0.489 e. The average Bonchev–Trinajstić information content (AvgIpc) is 2.59. The topological polar surface area (TPSA) is 58.5 Å². The summed E-state index contributed by atoms with van der Waals surface area (Å²) in [6.45, 7) is 8.09. The van der Waals surface area contributed by atoms with Gasteiger partial charge in [-0.05, 0) is 50.1 Å². The third-order valence-corrected chi connectivity index (χ3v) is 3.66. The number of hydrogen-bond acceptors (Lipinski definition) is 3. The summed E-state index contributed by atoms with van der Waals surface area (Å²) >= 11 is 5.80. The molecule has 0 spiro atoms. The van der Waals surface area contributed by atoms with Crippen molar-refractivity contribution in [1.29, 1.82) is 0 Å². The summed E-state index contributed by atoms with van der Waals surface area (Å²) in [5.41, 5.74) is 2.19. The van der Waals surface area contributed by atoms with Crippen molar-refractivity contribution in [3.8, 4) is 5.75 Å². The van der Waals surface area contributed by atoms with Crippen molar-refractivity contribution in [2.75, 3.05) is 13.1 Å². The first-order valence-corrected chi connectivity index (χ1v) is 8.80. The molecule has 1 heterocycles. The summed E-state index contributed by atoms with van der Waals surface area (Å²) in [6.07, 6.45) is 1.75. The van der Waals surface area contributed by atoms with Crippen molar-refractivity contribution in [1.82, 2.24) is 15.6 Å². The first-order chi connectivity index (χ1) is 12.1. The number of hydrogen-bond donors (Lipinski definition) is 2. The second-order valence-electron chi connectivity index (χ2n) is 5.81. The van der Waals surface area contributed by atoms with E-state index >= 15 is 0 Å². The van der Waals surface area contributed by atoms with E-state index in [9.17, 15) is 0 Å². The molecular formula is C19H26ClIN4O. The van der Waals surface area contributed by atoms with Crippen LogP contribution in [-0.4, -0.2) is 30.1 Å². The predicted octanol–water partition coefficient (Wildman–Crippen LogP) is 4.18. The van der Waals surface area contributed by atoms with Gasteiger partial charge in [-0.3, -0.25) is 0 Å². The Kier molecular flexibility index (Phi) is 10.3. The lowest BCUT2D eigenvalue weighted by molar-refractivity contribution is 0.223. The lowest BCUT2D eigenvalue weighted by Crippen LogP contribution is -2.41. The number of benzene rings is 1. The van der Waals surface area contributed by atoms with Crippen LogP contribution in [0.2, 0.25) is 5.15 Å². The number of nitrogens with one attached hydrogen (secondary N) is 2. The highest BCUT2D eigenvalue weighted by atomic mass is 127. The van der Waals surface area contributed by atoms with Crippen molar-refractivity contribution in [2.24, 2.45) is 4.99 Å². The molecule has 5 nitrogen and oxygen atoms in total. The molecule has 0 aliphatic carbocycles. The van der Waals surface area contributed by atoms with Gasteiger partial charge < -0.3 is 15.4 Å². The fourth-order valence-electron chi connectivity index (χ4n) is 2.22. The van der Waals surface area contributed by atoms with E-state index in [1.165, 1.54) is 5.56 Å². The smallest absolute Gasteiger partial charge is 0.191 e.